The molecule has 0 aliphatic heterocycles. The van der Waals surface area contributed by atoms with Crippen LogP contribution < -0.4 is 15.8 Å². The topological polar surface area (TPSA) is 47.3 Å². The molecule has 2 aromatic rings. The normalized spacial score (nSPS) is 10.4. The van der Waals surface area contributed by atoms with E-state index in [4.69, 9.17) is 10.5 Å². The Morgan fingerprint density at radius 1 is 1.14 bits per heavy atom. The van der Waals surface area contributed by atoms with Gasteiger partial charge in [-0.15, -0.1) is 0 Å². The molecule has 112 valence electrons. The summed E-state index contributed by atoms with van der Waals surface area (Å²) in [6.07, 6.45) is 2.08. The Hall–Kier alpha value is -2.16. The average molecular weight is 284 g/mol. The molecule has 0 radical (unpaired) electrons. The number of nitrogens with two attached hydrogens (primary N) is 1. The number of nitrogen functional groups attached to an aromatic ring is 1. The predicted octanol–water partition coefficient (Wildman–Crippen LogP) is 4.02. The number of anilines is 2. The summed E-state index contributed by atoms with van der Waals surface area (Å²) in [5, 5.41) is 3.45. The van der Waals surface area contributed by atoms with E-state index in [1.165, 1.54) is 16.8 Å². The molecular formula is C18H24N2O. The van der Waals surface area contributed by atoms with E-state index in [0.29, 0.717) is 6.61 Å². The van der Waals surface area contributed by atoms with Crippen LogP contribution in [0.1, 0.15) is 24.5 Å². The van der Waals surface area contributed by atoms with Crippen LogP contribution in [0.15, 0.2) is 42.5 Å². The molecule has 0 unspecified atom stereocenters. The standard InChI is InChI=1S/C18H24N2O/c1-3-21-18-10-9-15(13-17(18)19)7-5-11-20-16-8-4-6-14(2)12-16/h4,6,8-10,12-13,20H,3,5,7,11,19H2,1-2H3. The monoisotopic (exact) mass is 284 g/mol. The van der Waals surface area contributed by atoms with Crippen molar-refractivity contribution in [2.24, 2.45) is 0 Å². The summed E-state index contributed by atoms with van der Waals surface area (Å²) in [6, 6.07) is 14.5. The van der Waals surface area contributed by atoms with Crippen molar-refractivity contribution in [1.29, 1.82) is 0 Å². The van der Waals surface area contributed by atoms with Crippen LogP contribution in [0.2, 0.25) is 0 Å². The lowest BCUT2D eigenvalue weighted by Gasteiger charge is -2.10. The fraction of sp³-hybridized carbons (Fsp3) is 0.333. The van der Waals surface area contributed by atoms with Crippen LogP contribution in [0.25, 0.3) is 0 Å². The van der Waals surface area contributed by atoms with Gasteiger partial charge in [0.25, 0.3) is 0 Å². The minimum atomic E-state index is 0.643. The maximum absolute atomic E-state index is 5.98. The number of hydrogen-bond acceptors (Lipinski definition) is 3. The first-order valence-electron chi connectivity index (χ1n) is 7.51. The van der Waals surface area contributed by atoms with Crippen molar-refractivity contribution < 1.29 is 4.74 Å². The summed E-state index contributed by atoms with van der Waals surface area (Å²) in [5.41, 5.74) is 10.4. The molecule has 0 amide bonds. The SMILES string of the molecule is CCOc1ccc(CCCNc2cccc(C)c2)cc1N. The molecule has 0 aliphatic rings. The molecule has 2 aromatic carbocycles. The Morgan fingerprint density at radius 3 is 2.71 bits per heavy atom. The van der Waals surface area contributed by atoms with Crippen LogP contribution in [0, 0.1) is 6.92 Å². The molecule has 0 aliphatic carbocycles. The maximum Gasteiger partial charge on any atom is 0.142 e. The zero-order chi connectivity index (χ0) is 15.1. The number of aryl methyl sites for hydroxylation is 2. The van der Waals surface area contributed by atoms with Gasteiger partial charge in [-0.05, 0) is 62.1 Å². The second-order valence-electron chi connectivity index (χ2n) is 5.21. The van der Waals surface area contributed by atoms with Crippen molar-refractivity contribution in [3.05, 3.63) is 53.6 Å². The van der Waals surface area contributed by atoms with Gasteiger partial charge in [-0.3, -0.25) is 0 Å². The van der Waals surface area contributed by atoms with Crippen LogP contribution in [-0.2, 0) is 6.42 Å². The smallest absolute Gasteiger partial charge is 0.142 e. The summed E-state index contributed by atoms with van der Waals surface area (Å²) in [4.78, 5) is 0. The molecule has 0 saturated heterocycles. The summed E-state index contributed by atoms with van der Waals surface area (Å²) in [7, 11) is 0. The number of hydrogen-bond donors (Lipinski definition) is 2. The van der Waals surface area contributed by atoms with Crippen LogP contribution in [0.5, 0.6) is 5.75 Å². The minimum absolute atomic E-state index is 0.643. The van der Waals surface area contributed by atoms with Gasteiger partial charge in [-0.2, -0.15) is 0 Å². The quantitative estimate of drug-likeness (QED) is 0.596. The predicted molar refractivity (Wildman–Crippen MR) is 90.0 cm³/mol. The van der Waals surface area contributed by atoms with Crippen LogP contribution in [-0.4, -0.2) is 13.2 Å². The zero-order valence-corrected chi connectivity index (χ0v) is 12.9. The van der Waals surface area contributed by atoms with E-state index >= 15 is 0 Å². The zero-order valence-electron chi connectivity index (χ0n) is 12.9. The molecule has 3 N–H and O–H groups in total. The number of rotatable bonds is 7. The molecule has 0 heterocycles. The average Bonchev–Trinajstić information content (AvgIpc) is 2.47. The van der Waals surface area contributed by atoms with Crippen molar-refractivity contribution in [2.45, 2.75) is 26.7 Å². The van der Waals surface area contributed by atoms with Gasteiger partial charge in [0.2, 0.25) is 0 Å². The van der Waals surface area contributed by atoms with Crippen LogP contribution in [0.3, 0.4) is 0 Å². The summed E-state index contributed by atoms with van der Waals surface area (Å²) < 4.78 is 5.45. The number of benzene rings is 2. The third-order valence-electron chi connectivity index (χ3n) is 3.36. The second-order valence-corrected chi connectivity index (χ2v) is 5.21. The lowest BCUT2D eigenvalue weighted by Crippen LogP contribution is -2.03. The molecule has 0 saturated carbocycles. The summed E-state index contributed by atoms with van der Waals surface area (Å²) >= 11 is 0. The van der Waals surface area contributed by atoms with Gasteiger partial charge in [0.05, 0.1) is 12.3 Å². The first-order valence-corrected chi connectivity index (χ1v) is 7.51. The Morgan fingerprint density at radius 2 is 2.00 bits per heavy atom. The molecule has 2 rings (SSSR count). The summed E-state index contributed by atoms with van der Waals surface area (Å²) in [6.45, 7) is 5.67. The first-order chi connectivity index (χ1) is 10.2. The highest BCUT2D eigenvalue weighted by molar-refractivity contribution is 5.54. The Kier molecular flexibility index (Phi) is 5.50. The second kappa shape index (κ2) is 7.58. The van der Waals surface area contributed by atoms with Gasteiger partial charge < -0.3 is 15.8 Å². The van der Waals surface area contributed by atoms with Crippen molar-refractivity contribution in [2.75, 3.05) is 24.2 Å². The molecule has 3 heteroatoms. The molecule has 0 fully saturated rings. The van der Waals surface area contributed by atoms with Gasteiger partial charge >= 0.3 is 0 Å². The highest BCUT2D eigenvalue weighted by Crippen LogP contribution is 2.23. The Balaban J connectivity index is 1.79. The molecular weight excluding hydrogens is 260 g/mol. The molecule has 0 spiro atoms. The molecule has 0 atom stereocenters. The minimum Gasteiger partial charge on any atom is -0.492 e. The van der Waals surface area contributed by atoms with Gasteiger partial charge in [0.1, 0.15) is 5.75 Å². The van der Waals surface area contributed by atoms with E-state index < -0.39 is 0 Å². The Bertz CT molecular complexity index is 581. The number of ether oxygens (including phenoxy) is 1. The Labute approximate surface area is 127 Å². The van der Waals surface area contributed by atoms with E-state index in [9.17, 15) is 0 Å². The highest BCUT2D eigenvalue weighted by atomic mass is 16.5. The third kappa shape index (κ3) is 4.71. The highest BCUT2D eigenvalue weighted by Gasteiger charge is 2.01. The van der Waals surface area contributed by atoms with Gasteiger partial charge in [-0.1, -0.05) is 18.2 Å². The lowest BCUT2D eigenvalue weighted by molar-refractivity contribution is 0.342. The van der Waals surface area contributed by atoms with Crippen molar-refractivity contribution >= 4 is 11.4 Å². The molecule has 21 heavy (non-hydrogen) atoms. The van der Waals surface area contributed by atoms with E-state index in [-0.39, 0.29) is 0 Å². The van der Waals surface area contributed by atoms with E-state index in [0.717, 1.165) is 30.8 Å². The van der Waals surface area contributed by atoms with E-state index in [1.54, 1.807) is 0 Å². The van der Waals surface area contributed by atoms with Gasteiger partial charge in [-0.25, -0.2) is 0 Å². The lowest BCUT2D eigenvalue weighted by atomic mass is 10.1. The molecule has 3 nitrogen and oxygen atoms in total. The van der Waals surface area contributed by atoms with Crippen molar-refractivity contribution in [3.63, 3.8) is 0 Å². The van der Waals surface area contributed by atoms with Crippen LogP contribution >= 0.6 is 0 Å². The van der Waals surface area contributed by atoms with Crippen molar-refractivity contribution in [1.82, 2.24) is 0 Å². The van der Waals surface area contributed by atoms with E-state index in [1.807, 2.05) is 19.1 Å². The van der Waals surface area contributed by atoms with Gasteiger partial charge in [0, 0.05) is 12.2 Å². The van der Waals surface area contributed by atoms with E-state index in [2.05, 4.69) is 42.6 Å². The van der Waals surface area contributed by atoms with Crippen molar-refractivity contribution in [3.8, 4) is 5.75 Å². The largest absolute Gasteiger partial charge is 0.492 e. The fourth-order valence-electron chi connectivity index (χ4n) is 2.32. The fourth-order valence-corrected chi connectivity index (χ4v) is 2.32. The summed E-state index contributed by atoms with van der Waals surface area (Å²) in [5.74, 6) is 0.777. The maximum atomic E-state index is 5.98. The van der Waals surface area contributed by atoms with Gasteiger partial charge in [0.15, 0.2) is 0 Å². The molecule has 0 bridgehead atoms. The number of nitrogens with one attached hydrogen (secondary N) is 1. The van der Waals surface area contributed by atoms with Crippen LogP contribution in [0.4, 0.5) is 11.4 Å². The first kappa shape index (κ1) is 15.2. The third-order valence-corrected chi connectivity index (χ3v) is 3.36. The molecule has 0 aromatic heterocycles.